The molecule has 1 aliphatic heterocycles. The first-order valence-corrected chi connectivity index (χ1v) is 8.42. The molecule has 0 radical (unpaired) electrons. The van der Waals surface area contributed by atoms with Crippen molar-refractivity contribution in [2.24, 2.45) is 4.99 Å². The lowest BCUT2D eigenvalue weighted by Gasteiger charge is -2.14. The molecular formula is C18H24IN3O4. The molecule has 0 spiro atoms. The number of guanidine groups is 1. The number of halogens is 1. The van der Waals surface area contributed by atoms with Crippen LogP contribution in [0.3, 0.4) is 0 Å². The van der Waals surface area contributed by atoms with Gasteiger partial charge in [-0.15, -0.1) is 24.0 Å². The van der Waals surface area contributed by atoms with Gasteiger partial charge in [-0.2, -0.15) is 0 Å². The third kappa shape index (κ3) is 5.53. The van der Waals surface area contributed by atoms with Crippen LogP contribution in [0.15, 0.2) is 46.0 Å². The van der Waals surface area contributed by atoms with E-state index in [0.29, 0.717) is 37.2 Å². The molecule has 2 heterocycles. The first kappa shape index (κ1) is 20.4. The van der Waals surface area contributed by atoms with E-state index in [0.717, 1.165) is 17.9 Å². The number of hydrogen-bond acceptors (Lipinski definition) is 5. The van der Waals surface area contributed by atoms with E-state index in [2.05, 4.69) is 15.6 Å². The van der Waals surface area contributed by atoms with Crippen LogP contribution in [0.1, 0.15) is 25.2 Å². The van der Waals surface area contributed by atoms with Gasteiger partial charge in [0.05, 0.1) is 26.0 Å². The van der Waals surface area contributed by atoms with E-state index >= 15 is 0 Å². The third-order valence-electron chi connectivity index (χ3n) is 3.65. The molecule has 0 bridgehead atoms. The number of aliphatic hydroxyl groups is 1. The number of aliphatic imine (C=N–C) groups is 1. The Morgan fingerprint density at radius 2 is 2.04 bits per heavy atom. The normalized spacial score (nSPS) is 14.8. The molecule has 1 aliphatic rings. The number of hydrogen-bond donors (Lipinski definition) is 3. The van der Waals surface area contributed by atoms with E-state index in [9.17, 15) is 5.11 Å². The first-order chi connectivity index (χ1) is 12.3. The van der Waals surface area contributed by atoms with Gasteiger partial charge in [0.25, 0.3) is 0 Å². The van der Waals surface area contributed by atoms with E-state index in [1.165, 1.54) is 6.26 Å². The Bertz CT molecular complexity index is 706. The number of nitrogens with one attached hydrogen (secondary N) is 2. The van der Waals surface area contributed by atoms with Gasteiger partial charge in [0.1, 0.15) is 11.9 Å². The highest BCUT2D eigenvalue weighted by molar-refractivity contribution is 14.0. The summed E-state index contributed by atoms with van der Waals surface area (Å²) in [6, 6.07) is 9.14. The van der Waals surface area contributed by atoms with E-state index in [-0.39, 0.29) is 30.5 Å². The number of nitrogens with zero attached hydrogens (tertiary/aromatic N) is 1. The zero-order valence-electron chi connectivity index (χ0n) is 14.6. The Hall–Kier alpha value is -1.94. The van der Waals surface area contributed by atoms with Crippen molar-refractivity contribution in [1.29, 1.82) is 0 Å². The second kappa shape index (κ2) is 10.3. The van der Waals surface area contributed by atoms with E-state index < -0.39 is 6.10 Å². The molecule has 0 saturated carbocycles. The summed E-state index contributed by atoms with van der Waals surface area (Å²) >= 11 is 0. The van der Waals surface area contributed by atoms with Crippen molar-refractivity contribution in [2.45, 2.75) is 19.4 Å². The zero-order chi connectivity index (χ0) is 17.5. The Balaban J connectivity index is 0.00000243. The van der Waals surface area contributed by atoms with Gasteiger partial charge in [-0.3, -0.25) is 0 Å². The van der Waals surface area contributed by atoms with E-state index in [1.54, 1.807) is 12.1 Å². The molecule has 0 fully saturated rings. The molecule has 0 aliphatic carbocycles. The second-order valence-electron chi connectivity index (χ2n) is 5.59. The summed E-state index contributed by atoms with van der Waals surface area (Å²) in [5.74, 6) is 2.53. The highest BCUT2D eigenvalue weighted by Crippen LogP contribution is 2.32. The van der Waals surface area contributed by atoms with Crippen molar-refractivity contribution in [1.82, 2.24) is 5.32 Å². The predicted molar refractivity (Wildman–Crippen MR) is 111 cm³/mol. The summed E-state index contributed by atoms with van der Waals surface area (Å²) < 4.78 is 16.5. The van der Waals surface area contributed by atoms with Crippen molar-refractivity contribution < 1.29 is 19.0 Å². The SMILES string of the molecule is CCNC(=NCC(O)c1ccco1)Nc1ccc2c(c1)OCCCO2.I. The summed E-state index contributed by atoms with van der Waals surface area (Å²) in [5.41, 5.74) is 0.830. The number of benzene rings is 1. The Kier molecular flexibility index (Phi) is 8.05. The smallest absolute Gasteiger partial charge is 0.195 e. The molecule has 0 amide bonds. The van der Waals surface area contributed by atoms with Gasteiger partial charge in [-0.1, -0.05) is 0 Å². The fraction of sp³-hybridized carbons (Fsp3) is 0.389. The minimum atomic E-state index is -0.783. The molecule has 2 aromatic rings. The fourth-order valence-electron chi connectivity index (χ4n) is 2.43. The molecule has 1 aromatic carbocycles. The minimum absolute atomic E-state index is 0. The number of rotatable bonds is 5. The summed E-state index contributed by atoms with van der Waals surface area (Å²) in [6.45, 7) is 4.17. The van der Waals surface area contributed by atoms with Crippen molar-refractivity contribution in [3.05, 3.63) is 42.4 Å². The molecule has 0 saturated heterocycles. The maximum Gasteiger partial charge on any atom is 0.195 e. The van der Waals surface area contributed by atoms with Crippen LogP contribution in [0.4, 0.5) is 5.69 Å². The Labute approximate surface area is 169 Å². The largest absolute Gasteiger partial charge is 0.490 e. The summed E-state index contributed by atoms with van der Waals surface area (Å²) in [7, 11) is 0. The van der Waals surface area contributed by atoms with Crippen LogP contribution in [-0.2, 0) is 0 Å². The monoisotopic (exact) mass is 473 g/mol. The molecule has 1 atom stereocenters. The van der Waals surface area contributed by atoms with Crippen LogP contribution in [0.2, 0.25) is 0 Å². The van der Waals surface area contributed by atoms with Crippen LogP contribution >= 0.6 is 24.0 Å². The lowest BCUT2D eigenvalue weighted by molar-refractivity contribution is 0.158. The molecule has 8 heteroatoms. The molecule has 1 unspecified atom stereocenters. The molecule has 26 heavy (non-hydrogen) atoms. The lowest BCUT2D eigenvalue weighted by Crippen LogP contribution is -2.31. The lowest BCUT2D eigenvalue weighted by atomic mass is 10.2. The number of aliphatic hydroxyl groups excluding tert-OH is 1. The van der Waals surface area contributed by atoms with Crippen molar-refractivity contribution >= 4 is 35.6 Å². The van der Waals surface area contributed by atoms with Crippen molar-refractivity contribution in [3.8, 4) is 11.5 Å². The van der Waals surface area contributed by atoms with Gasteiger partial charge in [-0.05, 0) is 31.2 Å². The van der Waals surface area contributed by atoms with Gasteiger partial charge in [0.15, 0.2) is 17.5 Å². The number of furan rings is 1. The van der Waals surface area contributed by atoms with Gasteiger partial charge >= 0.3 is 0 Å². The highest BCUT2D eigenvalue weighted by atomic mass is 127. The average Bonchev–Trinajstić information content (AvgIpc) is 3.06. The van der Waals surface area contributed by atoms with Crippen LogP contribution < -0.4 is 20.1 Å². The number of ether oxygens (including phenoxy) is 2. The van der Waals surface area contributed by atoms with Gasteiger partial charge in [0.2, 0.25) is 0 Å². The van der Waals surface area contributed by atoms with Gasteiger partial charge < -0.3 is 29.6 Å². The number of fused-ring (bicyclic) bond motifs is 1. The van der Waals surface area contributed by atoms with Crippen molar-refractivity contribution in [3.63, 3.8) is 0 Å². The molecular weight excluding hydrogens is 449 g/mol. The maximum absolute atomic E-state index is 10.1. The van der Waals surface area contributed by atoms with Crippen LogP contribution in [0.25, 0.3) is 0 Å². The first-order valence-electron chi connectivity index (χ1n) is 8.42. The second-order valence-corrected chi connectivity index (χ2v) is 5.59. The summed E-state index contributed by atoms with van der Waals surface area (Å²) in [4.78, 5) is 4.41. The molecule has 1 aromatic heterocycles. The topological polar surface area (TPSA) is 88.3 Å². The highest BCUT2D eigenvalue weighted by Gasteiger charge is 2.12. The molecule has 3 rings (SSSR count). The predicted octanol–water partition coefficient (Wildman–Crippen LogP) is 3.17. The minimum Gasteiger partial charge on any atom is -0.490 e. The zero-order valence-corrected chi connectivity index (χ0v) is 16.9. The Morgan fingerprint density at radius 3 is 2.77 bits per heavy atom. The third-order valence-corrected chi connectivity index (χ3v) is 3.65. The molecule has 142 valence electrons. The fourth-order valence-corrected chi connectivity index (χ4v) is 2.43. The standard InChI is InChI=1S/C18H23N3O4.HI/c1-2-19-18(20-12-14(22)15-5-3-8-23-15)21-13-6-7-16-17(11-13)25-10-4-9-24-16;/h3,5-8,11,14,22H,2,4,9-10,12H2,1H3,(H2,19,20,21);1H. The Morgan fingerprint density at radius 1 is 1.23 bits per heavy atom. The average molecular weight is 473 g/mol. The molecule has 7 nitrogen and oxygen atoms in total. The van der Waals surface area contributed by atoms with E-state index in [4.69, 9.17) is 13.9 Å². The number of anilines is 1. The molecule has 3 N–H and O–H groups in total. The van der Waals surface area contributed by atoms with Gasteiger partial charge in [-0.25, -0.2) is 4.99 Å². The van der Waals surface area contributed by atoms with E-state index in [1.807, 2.05) is 25.1 Å². The van der Waals surface area contributed by atoms with Gasteiger partial charge in [0, 0.05) is 24.7 Å². The quantitative estimate of drug-likeness (QED) is 0.352. The summed E-state index contributed by atoms with van der Waals surface area (Å²) in [5, 5.41) is 16.5. The van der Waals surface area contributed by atoms with Crippen molar-refractivity contribution in [2.75, 3.05) is 31.6 Å². The summed E-state index contributed by atoms with van der Waals surface area (Å²) in [6.07, 6.45) is 1.62. The van der Waals surface area contributed by atoms with Crippen LogP contribution in [0.5, 0.6) is 11.5 Å². The van der Waals surface area contributed by atoms with Crippen LogP contribution in [0, 0.1) is 0 Å². The van der Waals surface area contributed by atoms with Crippen LogP contribution in [-0.4, -0.2) is 37.4 Å². The maximum atomic E-state index is 10.1.